The van der Waals surface area contributed by atoms with Gasteiger partial charge in [-0.15, -0.1) is 0 Å². The second-order valence-corrected chi connectivity index (χ2v) is 4.55. The Kier molecular flexibility index (Phi) is 3.49. The maximum absolute atomic E-state index is 12.1. The molecule has 0 radical (unpaired) electrons. The Balaban J connectivity index is 1.94. The van der Waals surface area contributed by atoms with E-state index in [4.69, 9.17) is 4.42 Å². The fourth-order valence-electron chi connectivity index (χ4n) is 2.08. The lowest BCUT2D eigenvalue weighted by atomic mass is 10.1. The zero-order valence-electron chi connectivity index (χ0n) is 10.1. The quantitative estimate of drug-likeness (QED) is 0.793. The number of carbonyl (C=O) groups excluding carboxylic acids is 1. The van der Waals surface area contributed by atoms with Gasteiger partial charge in [0.05, 0.1) is 18.4 Å². The van der Waals surface area contributed by atoms with Crippen LogP contribution in [0.1, 0.15) is 17.7 Å². The summed E-state index contributed by atoms with van der Waals surface area (Å²) in [5.74, 6) is 0.853. The number of hydrogen-bond donors (Lipinski definition) is 2. The molecule has 1 aromatic heterocycles. The third-order valence-corrected chi connectivity index (χ3v) is 3.16. The maximum Gasteiger partial charge on any atom is 0.239 e. The molecule has 1 amide bonds. The van der Waals surface area contributed by atoms with Gasteiger partial charge in [-0.2, -0.15) is 0 Å². The minimum Gasteiger partial charge on any atom is -0.469 e. The Hall–Kier alpha value is -1.33. The largest absolute Gasteiger partial charge is 0.469 e. The van der Waals surface area contributed by atoms with Gasteiger partial charge in [-0.25, -0.2) is 0 Å². The number of aliphatic hydroxyl groups excluding tert-OH is 1. The summed E-state index contributed by atoms with van der Waals surface area (Å²) in [6, 6.07) is 1.61. The number of amides is 1. The fraction of sp³-hybridized carbons (Fsp3) is 0.583. The van der Waals surface area contributed by atoms with Crippen molar-refractivity contribution in [3.63, 3.8) is 0 Å². The van der Waals surface area contributed by atoms with Gasteiger partial charge in [0.25, 0.3) is 0 Å². The number of hydrogen-bond acceptors (Lipinski definition) is 4. The second kappa shape index (κ2) is 4.89. The number of nitrogens with one attached hydrogen (secondary N) is 1. The van der Waals surface area contributed by atoms with Gasteiger partial charge >= 0.3 is 0 Å². The van der Waals surface area contributed by atoms with Crippen LogP contribution in [0.25, 0.3) is 0 Å². The molecule has 2 atom stereocenters. The normalized spacial score (nSPS) is 23.9. The maximum atomic E-state index is 12.1. The predicted molar refractivity (Wildman–Crippen MR) is 62.3 cm³/mol. The zero-order chi connectivity index (χ0) is 12.4. The number of furan rings is 1. The van der Waals surface area contributed by atoms with E-state index in [2.05, 4.69) is 5.32 Å². The molecule has 17 heavy (non-hydrogen) atoms. The predicted octanol–water partition coefficient (Wildman–Crippen LogP) is 0.269. The van der Waals surface area contributed by atoms with Crippen LogP contribution in [-0.2, 0) is 11.3 Å². The Morgan fingerprint density at radius 2 is 2.47 bits per heavy atom. The van der Waals surface area contributed by atoms with E-state index in [1.807, 2.05) is 13.0 Å². The molecule has 0 aromatic carbocycles. The second-order valence-electron chi connectivity index (χ2n) is 4.55. The lowest BCUT2D eigenvalue weighted by Gasteiger charge is -2.20. The summed E-state index contributed by atoms with van der Waals surface area (Å²) in [6.07, 6.45) is 1.71. The first-order valence-corrected chi connectivity index (χ1v) is 5.77. The highest BCUT2D eigenvalue weighted by Gasteiger charge is 2.30. The number of aryl methyl sites for hydroxylation is 1. The third kappa shape index (κ3) is 2.68. The van der Waals surface area contributed by atoms with E-state index < -0.39 is 6.10 Å². The minimum atomic E-state index is -0.409. The summed E-state index contributed by atoms with van der Waals surface area (Å²) in [7, 11) is 1.77. The highest BCUT2D eigenvalue weighted by Crippen LogP contribution is 2.14. The highest BCUT2D eigenvalue weighted by atomic mass is 16.3. The molecule has 2 unspecified atom stereocenters. The molecule has 2 rings (SSSR count). The number of carbonyl (C=O) groups is 1. The van der Waals surface area contributed by atoms with Crippen LogP contribution in [0.15, 0.2) is 16.7 Å². The highest BCUT2D eigenvalue weighted by molar-refractivity contribution is 5.82. The van der Waals surface area contributed by atoms with Gasteiger partial charge in [-0.3, -0.25) is 4.79 Å². The van der Waals surface area contributed by atoms with Crippen LogP contribution >= 0.6 is 0 Å². The minimum absolute atomic E-state index is 0.0159. The summed E-state index contributed by atoms with van der Waals surface area (Å²) < 4.78 is 5.19. The molecule has 1 aliphatic rings. The number of likely N-dealkylation sites (N-methyl/N-ethyl adjacent to an activating group) is 1. The first-order valence-electron chi connectivity index (χ1n) is 5.77. The number of β-amino-alcohol motifs (C(OH)–C–C–N with tert-alkyl or cyclic N) is 1. The van der Waals surface area contributed by atoms with Crippen molar-refractivity contribution in [2.24, 2.45) is 0 Å². The van der Waals surface area contributed by atoms with Crippen LogP contribution in [0.4, 0.5) is 0 Å². The van der Waals surface area contributed by atoms with Crippen LogP contribution < -0.4 is 5.32 Å². The fourth-order valence-corrected chi connectivity index (χ4v) is 2.08. The average molecular weight is 238 g/mol. The summed E-state index contributed by atoms with van der Waals surface area (Å²) >= 11 is 0. The van der Waals surface area contributed by atoms with E-state index >= 15 is 0 Å². The van der Waals surface area contributed by atoms with Gasteiger partial charge in [-0.1, -0.05) is 0 Å². The first kappa shape index (κ1) is 12.1. The van der Waals surface area contributed by atoms with Crippen molar-refractivity contribution in [2.45, 2.75) is 32.0 Å². The van der Waals surface area contributed by atoms with E-state index in [1.54, 1.807) is 18.2 Å². The molecule has 1 aliphatic heterocycles. The van der Waals surface area contributed by atoms with E-state index in [0.29, 0.717) is 19.5 Å². The third-order valence-electron chi connectivity index (χ3n) is 3.16. The van der Waals surface area contributed by atoms with Crippen molar-refractivity contribution in [2.75, 3.05) is 13.6 Å². The van der Waals surface area contributed by atoms with Crippen LogP contribution in [0.5, 0.6) is 0 Å². The van der Waals surface area contributed by atoms with Crippen LogP contribution in [0.3, 0.4) is 0 Å². The first-order chi connectivity index (χ1) is 8.08. The van der Waals surface area contributed by atoms with Crippen molar-refractivity contribution < 1.29 is 14.3 Å². The van der Waals surface area contributed by atoms with Crippen LogP contribution in [-0.4, -0.2) is 41.7 Å². The summed E-state index contributed by atoms with van der Waals surface area (Å²) in [5, 5.41) is 12.4. The molecule has 2 N–H and O–H groups in total. The molecule has 94 valence electrons. The Bertz CT molecular complexity index is 402. The standard InChI is InChI=1S/C12H18N2O3/c1-8-9(3-4-17-8)7-14(2)12(16)11-5-10(15)6-13-11/h3-4,10-11,13,15H,5-7H2,1-2H3. The summed E-state index contributed by atoms with van der Waals surface area (Å²) in [4.78, 5) is 13.7. The molecular weight excluding hydrogens is 220 g/mol. The van der Waals surface area contributed by atoms with Crippen LogP contribution in [0, 0.1) is 6.92 Å². The van der Waals surface area contributed by atoms with Crippen LogP contribution in [0.2, 0.25) is 0 Å². The molecular formula is C12H18N2O3. The topological polar surface area (TPSA) is 65.7 Å². The van der Waals surface area contributed by atoms with Crippen molar-refractivity contribution in [3.05, 3.63) is 23.7 Å². The Morgan fingerprint density at radius 1 is 1.71 bits per heavy atom. The Morgan fingerprint density at radius 3 is 3.00 bits per heavy atom. The lowest BCUT2D eigenvalue weighted by molar-refractivity contribution is -0.132. The lowest BCUT2D eigenvalue weighted by Crippen LogP contribution is -2.41. The number of rotatable bonds is 3. The smallest absolute Gasteiger partial charge is 0.239 e. The number of nitrogens with zero attached hydrogens (tertiary/aromatic N) is 1. The van der Waals surface area contributed by atoms with Crippen molar-refractivity contribution in [3.8, 4) is 0 Å². The van der Waals surface area contributed by atoms with E-state index in [-0.39, 0.29) is 11.9 Å². The monoisotopic (exact) mass is 238 g/mol. The van der Waals surface area contributed by atoms with Crippen molar-refractivity contribution in [1.29, 1.82) is 0 Å². The molecule has 1 saturated heterocycles. The molecule has 0 saturated carbocycles. The summed E-state index contributed by atoms with van der Waals surface area (Å²) in [5.41, 5.74) is 1.01. The molecule has 1 fully saturated rings. The van der Waals surface area contributed by atoms with Gasteiger partial charge < -0.3 is 19.7 Å². The molecule has 0 aliphatic carbocycles. The SMILES string of the molecule is Cc1occc1CN(C)C(=O)C1CC(O)CN1. The van der Waals surface area contributed by atoms with Gasteiger partial charge in [0.2, 0.25) is 5.91 Å². The van der Waals surface area contributed by atoms with Crippen molar-refractivity contribution in [1.82, 2.24) is 10.2 Å². The van der Waals surface area contributed by atoms with Crippen molar-refractivity contribution >= 4 is 5.91 Å². The molecule has 2 heterocycles. The van der Waals surface area contributed by atoms with E-state index in [9.17, 15) is 9.90 Å². The average Bonchev–Trinajstić information content (AvgIpc) is 2.88. The molecule has 1 aromatic rings. The molecule has 5 heteroatoms. The molecule has 5 nitrogen and oxygen atoms in total. The van der Waals surface area contributed by atoms with Gasteiger partial charge in [-0.05, 0) is 19.4 Å². The zero-order valence-corrected chi connectivity index (χ0v) is 10.1. The van der Waals surface area contributed by atoms with Gasteiger partial charge in [0.15, 0.2) is 0 Å². The van der Waals surface area contributed by atoms with E-state index in [0.717, 1.165) is 11.3 Å². The summed E-state index contributed by atoms with van der Waals surface area (Å²) in [6.45, 7) is 2.91. The van der Waals surface area contributed by atoms with Gasteiger partial charge in [0, 0.05) is 25.7 Å². The molecule has 0 bridgehead atoms. The Labute approximate surface area is 100 Å². The van der Waals surface area contributed by atoms with Gasteiger partial charge in [0.1, 0.15) is 5.76 Å². The number of aliphatic hydroxyl groups is 1. The molecule has 0 spiro atoms. The van der Waals surface area contributed by atoms with E-state index in [1.165, 1.54) is 0 Å².